The lowest BCUT2D eigenvalue weighted by atomic mass is 10.1. The van der Waals surface area contributed by atoms with Crippen LogP contribution in [-0.4, -0.2) is 24.4 Å². The molecule has 0 saturated heterocycles. The van der Waals surface area contributed by atoms with Gasteiger partial charge >= 0.3 is 0 Å². The first-order valence-electron chi connectivity index (χ1n) is 5.71. The molecule has 1 rings (SSSR count). The van der Waals surface area contributed by atoms with Gasteiger partial charge in [0.15, 0.2) is 0 Å². The number of rotatable bonds is 4. The third kappa shape index (κ3) is 4.06. The lowest BCUT2D eigenvalue weighted by Crippen LogP contribution is -2.28. The predicted octanol–water partition coefficient (Wildman–Crippen LogP) is 2.53. The van der Waals surface area contributed by atoms with Crippen molar-refractivity contribution in [3.8, 4) is 0 Å². The van der Waals surface area contributed by atoms with Gasteiger partial charge in [0, 0.05) is 24.8 Å². The van der Waals surface area contributed by atoms with E-state index in [0.717, 1.165) is 6.42 Å². The highest BCUT2D eigenvalue weighted by Crippen LogP contribution is 2.13. The van der Waals surface area contributed by atoms with Gasteiger partial charge in [-0.25, -0.2) is 4.39 Å². The van der Waals surface area contributed by atoms with E-state index in [9.17, 15) is 9.18 Å². The average molecular weight is 238 g/mol. The zero-order chi connectivity index (χ0) is 13.0. The minimum atomic E-state index is -0.481. The van der Waals surface area contributed by atoms with E-state index >= 15 is 0 Å². The monoisotopic (exact) mass is 238 g/mol. The van der Waals surface area contributed by atoms with Crippen molar-refractivity contribution < 1.29 is 9.18 Å². The number of anilines is 1. The summed E-state index contributed by atoms with van der Waals surface area (Å²) in [6.45, 7) is 4.85. The molecule has 0 radical (unpaired) electrons. The first-order chi connectivity index (χ1) is 7.90. The van der Waals surface area contributed by atoms with Gasteiger partial charge in [-0.05, 0) is 30.5 Å². The number of hydrogen-bond acceptors (Lipinski definition) is 2. The maximum absolute atomic E-state index is 13.1. The second-order valence-electron chi connectivity index (χ2n) is 4.68. The van der Waals surface area contributed by atoms with Crippen molar-refractivity contribution >= 4 is 11.6 Å². The van der Waals surface area contributed by atoms with Crippen LogP contribution in [0.3, 0.4) is 0 Å². The Kier molecular flexibility index (Phi) is 4.49. The molecule has 3 nitrogen and oxygen atoms in total. The van der Waals surface area contributed by atoms with Crippen molar-refractivity contribution in [2.75, 3.05) is 19.3 Å². The van der Waals surface area contributed by atoms with Crippen LogP contribution < -0.4 is 5.73 Å². The van der Waals surface area contributed by atoms with Crippen LogP contribution in [0.1, 0.15) is 30.6 Å². The van der Waals surface area contributed by atoms with Gasteiger partial charge in [-0.3, -0.25) is 4.79 Å². The summed E-state index contributed by atoms with van der Waals surface area (Å²) in [6.07, 6.45) is 0.924. The number of halogens is 1. The van der Waals surface area contributed by atoms with Crippen LogP contribution in [0.2, 0.25) is 0 Å². The van der Waals surface area contributed by atoms with E-state index in [1.807, 2.05) is 0 Å². The van der Waals surface area contributed by atoms with Crippen molar-refractivity contribution in [2.24, 2.45) is 5.92 Å². The molecule has 0 fully saturated rings. The molecule has 0 atom stereocenters. The highest BCUT2D eigenvalue weighted by Gasteiger charge is 2.13. The minimum absolute atomic E-state index is 0.197. The van der Waals surface area contributed by atoms with Crippen LogP contribution >= 0.6 is 0 Å². The summed E-state index contributed by atoms with van der Waals surface area (Å²) in [5.41, 5.74) is 6.08. The molecule has 2 N–H and O–H groups in total. The Bertz CT molecular complexity index is 384. The Morgan fingerprint density at radius 3 is 2.59 bits per heavy atom. The Balaban J connectivity index is 2.74. The average Bonchev–Trinajstić information content (AvgIpc) is 2.23. The number of hydrogen-bond donors (Lipinski definition) is 1. The molecule has 0 aliphatic heterocycles. The number of benzene rings is 1. The molecule has 0 aliphatic rings. The quantitative estimate of drug-likeness (QED) is 0.819. The molecule has 1 amide bonds. The lowest BCUT2D eigenvalue weighted by Gasteiger charge is -2.18. The van der Waals surface area contributed by atoms with E-state index < -0.39 is 5.82 Å². The van der Waals surface area contributed by atoms with Crippen LogP contribution in [0, 0.1) is 11.7 Å². The van der Waals surface area contributed by atoms with Gasteiger partial charge in [-0.2, -0.15) is 0 Å². The van der Waals surface area contributed by atoms with E-state index in [2.05, 4.69) is 13.8 Å². The Morgan fingerprint density at radius 2 is 2.06 bits per heavy atom. The van der Waals surface area contributed by atoms with Crippen molar-refractivity contribution in [3.05, 3.63) is 29.6 Å². The molecule has 0 aliphatic carbocycles. The molecule has 0 bridgehead atoms. The summed E-state index contributed by atoms with van der Waals surface area (Å²) in [4.78, 5) is 13.6. The van der Waals surface area contributed by atoms with E-state index in [0.29, 0.717) is 18.0 Å². The normalized spacial score (nSPS) is 10.6. The third-order valence-corrected chi connectivity index (χ3v) is 2.56. The third-order valence-electron chi connectivity index (χ3n) is 2.56. The first kappa shape index (κ1) is 13.5. The van der Waals surface area contributed by atoms with Crippen molar-refractivity contribution in [2.45, 2.75) is 20.3 Å². The van der Waals surface area contributed by atoms with Gasteiger partial charge < -0.3 is 10.6 Å². The van der Waals surface area contributed by atoms with Crippen molar-refractivity contribution in [1.29, 1.82) is 0 Å². The van der Waals surface area contributed by atoms with E-state index in [1.165, 1.54) is 18.2 Å². The van der Waals surface area contributed by atoms with Crippen molar-refractivity contribution in [1.82, 2.24) is 4.90 Å². The van der Waals surface area contributed by atoms with Gasteiger partial charge in [0.25, 0.3) is 5.91 Å². The molecule has 94 valence electrons. The van der Waals surface area contributed by atoms with Crippen LogP contribution in [0.15, 0.2) is 18.2 Å². The molecule has 1 aromatic rings. The molecule has 0 aromatic heterocycles. The molecule has 0 spiro atoms. The lowest BCUT2D eigenvalue weighted by molar-refractivity contribution is 0.0788. The zero-order valence-corrected chi connectivity index (χ0v) is 10.5. The summed E-state index contributed by atoms with van der Waals surface area (Å²) in [6, 6.07) is 3.91. The predicted molar refractivity (Wildman–Crippen MR) is 67.2 cm³/mol. The molecular formula is C13H19FN2O. The van der Waals surface area contributed by atoms with Crippen LogP contribution in [0.5, 0.6) is 0 Å². The number of amides is 1. The smallest absolute Gasteiger partial charge is 0.253 e. The standard InChI is InChI=1S/C13H19FN2O/c1-9(2)4-5-16(3)13(17)10-6-11(14)8-12(15)7-10/h6-9H,4-5,15H2,1-3H3. The topological polar surface area (TPSA) is 46.3 Å². The second-order valence-corrected chi connectivity index (χ2v) is 4.68. The Morgan fingerprint density at radius 1 is 1.41 bits per heavy atom. The fourth-order valence-electron chi connectivity index (χ4n) is 1.51. The van der Waals surface area contributed by atoms with Crippen molar-refractivity contribution in [3.63, 3.8) is 0 Å². The maximum Gasteiger partial charge on any atom is 0.253 e. The number of nitrogens with zero attached hydrogens (tertiary/aromatic N) is 1. The van der Waals surface area contributed by atoms with Gasteiger partial charge in [-0.15, -0.1) is 0 Å². The summed E-state index contributed by atoms with van der Waals surface area (Å²) < 4.78 is 13.1. The second kappa shape index (κ2) is 5.66. The minimum Gasteiger partial charge on any atom is -0.399 e. The van der Waals surface area contributed by atoms with Crippen LogP contribution in [0.25, 0.3) is 0 Å². The van der Waals surface area contributed by atoms with Gasteiger partial charge in [0.2, 0.25) is 0 Å². The fourth-order valence-corrected chi connectivity index (χ4v) is 1.51. The molecule has 0 saturated carbocycles. The number of carbonyl (C=O) groups excluding carboxylic acids is 1. The highest BCUT2D eigenvalue weighted by molar-refractivity contribution is 5.94. The fraction of sp³-hybridized carbons (Fsp3) is 0.462. The first-order valence-corrected chi connectivity index (χ1v) is 5.71. The van der Waals surface area contributed by atoms with E-state index in [1.54, 1.807) is 11.9 Å². The molecule has 17 heavy (non-hydrogen) atoms. The number of carbonyl (C=O) groups is 1. The van der Waals surface area contributed by atoms with Gasteiger partial charge in [0.05, 0.1) is 0 Å². The summed E-state index contributed by atoms with van der Waals surface area (Å²) in [7, 11) is 1.71. The maximum atomic E-state index is 13.1. The number of nitrogens with two attached hydrogens (primary N) is 1. The van der Waals surface area contributed by atoms with E-state index in [4.69, 9.17) is 5.73 Å². The highest BCUT2D eigenvalue weighted by atomic mass is 19.1. The molecule has 0 unspecified atom stereocenters. The van der Waals surface area contributed by atoms with Gasteiger partial charge in [0.1, 0.15) is 5.82 Å². The number of nitrogen functional groups attached to an aromatic ring is 1. The van der Waals surface area contributed by atoms with Crippen LogP contribution in [-0.2, 0) is 0 Å². The summed E-state index contributed by atoms with van der Waals surface area (Å²) in [5.74, 6) is -0.148. The molecular weight excluding hydrogens is 219 g/mol. The molecule has 4 heteroatoms. The van der Waals surface area contributed by atoms with Crippen LogP contribution in [0.4, 0.5) is 10.1 Å². The summed E-state index contributed by atoms with van der Waals surface area (Å²) in [5, 5.41) is 0. The summed E-state index contributed by atoms with van der Waals surface area (Å²) >= 11 is 0. The van der Waals surface area contributed by atoms with E-state index in [-0.39, 0.29) is 11.6 Å². The SMILES string of the molecule is CC(C)CCN(C)C(=O)c1cc(N)cc(F)c1. The zero-order valence-electron chi connectivity index (χ0n) is 10.5. The Labute approximate surface area is 101 Å². The Hall–Kier alpha value is -1.58. The largest absolute Gasteiger partial charge is 0.399 e. The molecule has 0 heterocycles. The van der Waals surface area contributed by atoms with Gasteiger partial charge in [-0.1, -0.05) is 13.8 Å². The molecule has 1 aromatic carbocycles.